The van der Waals surface area contributed by atoms with Crippen LogP contribution in [-0.2, 0) is 9.59 Å². The third-order valence-corrected chi connectivity index (χ3v) is 7.54. The lowest BCUT2D eigenvalue weighted by Gasteiger charge is -2.57. The summed E-state index contributed by atoms with van der Waals surface area (Å²) in [6, 6.07) is 3.29. The van der Waals surface area contributed by atoms with E-state index in [2.05, 4.69) is 0 Å². The number of hydrogen-bond acceptors (Lipinski definition) is 8. The third-order valence-electron chi connectivity index (χ3n) is 7.54. The first-order valence-electron chi connectivity index (χ1n) is 10.4. The maximum Gasteiger partial charge on any atom is 0.256 e. The number of carbonyl (C=O) groups is 3. The highest BCUT2D eigenvalue weighted by molar-refractivity contribution is 6.21. The number of nitrogens with two attached hydrogens (primary N) is 1. The first-order chi connectivity index (χ1) is 14.9. The molecule has 4 rings (SSSR count). The molecule has 1 saturated carbocycles. The van der Waals surface area contributed by atoms with E-state index in [-0.39, 0.29) is 11.3 Å². The highest BCUT2D eigenvalue weighted by Gasteiger charge is 2.71. The van der Waals surface area contributed by atoms with E-state index >= 15 is 0 Å². The van der Waals surface area contributed by atoms with Gasteiger partial charge in [-0.1, -0.05) is 19.1 Å². The van der Waals surface area contributed by atoms with Crippen molar-refractivity contribution in [2.45, 2.75) is 36.7 Å². The van der Waals surface area contributed by atoms with Crippen molar-refractivity contribution in [2.75, 3.05) is 14.1 Å². The second kappa shape index (κ2) is 7.11. The van der Waals surface area contributed by atoms with Crippen LogP contribution in [0.25, 0.3) is 0 Å². The molecule has 32 heavy (non-hydrogen) atoms. The molecule has 10 heteroatoms. The minimum absolute atomic E-state index is 0.0326. The van der Waals surface area contributed by atoms with E-state index in [0.29, 0.717) is 10.5 Å². The Hall–Kier alpha value is -2.79. The Bertz CT molecular complexity index is 1070. The number of aliphatic hydroxyl groups is 4. The number of carbonyl (C=O) groups excluding carboxylic acids is 3. The zero-order chi connectivity index (χ0) is 23.9. The van der Waals surface area contributed by atoms with Gasteiger partial charge in [0.1, 0.15) is 23.2 Å². The molecular formula is C22H27N2O8+. The number of fused-ring (bicyclic) bond motifs is 3. The number of quaternary nitrogens is 1. The number of aliphatic hydroxyl groups excluding tert-OH is 3. The van der Waals surface area contributed by atoms with Gasteiger partial charge in [0, 0.05) is 5.92 Å². The fraction of sp³-hybridized carbons (Fsp3) is 0.500. The smallest absolute Gasteiger partial charge is 0.256 e. The van der Waals surface area contributed by atoms with Crippen molar-refractivity contribution in [1.29, 1.82) is 0 Å². The predicted molar refractivity (Wildman–Crippen MR) is 109 cm³/mol. The van der Waals surface area contributed by atoms with Crippen LogP contribution < -0.4 is 10.6 Å². The minimum atomic E-state index is -2.68. The maximum atomic E-state index is 13.4. The van der Waals surface area contributed by atoms with Crippen molar-refractivity contribution < 1.29 is 44.8 Å². The molecule has 1 amide bonds. The summed E-state index contributed by atoms with van der Waals surface area (Å²) in [6.07, 6.45) is -3.49. The largest absolute Gasteiger partial charge is 0.508 e. The van der Waals surface area contributed by atoms with Crippen molar-refractivity contribution >= 4 is 17.5 Å². The number of amides is 1. The first kappa shape index (κ1) is 22.4. The highest BCUT2D eigenvalue weighted by atomic mass is 16.4. The van der Waals surface area contributed by atoms with E-state index in [1.807, 2.05) is 0 Å². The first-order valence-corrected chi connectivity index (χ1v) is 10.4. The van der Waals surface area contributed by atoms with E-state index < -0.39 is 76.3 Å². The molecule has 8 atom stereocenters. The maximum absolute atomic E-state index is 13.4. The summed E-state index contributed by atoms with van der Waals surface area (Å²) in [5, 5.41) is 55.5. The Kier molecular flexibility index (Phi) is 4.98. The van der Waals surface area contributed by atoms with Gasteiger partial charge < -0.3 is 36.2 Å². The Morgan fingerprint density at radius 1 is 1.12 bits per heavy atom. The number of nitrogens with one attached hydrogen (secondary N) is 1. The average Bonchev–Trinajstić information content (AvgIpc) is 2.70. The molecule has 3 aliphatic rings. The summed E-state index contributed by atoms with van der Waals surface area (Å²) in [4.78, 5) is 38.9. The molecule has 0 spiro atoms. The van der Waals surface area contributed by atoms with Gasteiger partial charge >= 0.3 is 0 Å². The molecule has 0 aliphatic heterocycles. The molecule has 0 saturated heterocycles. The van der Waals surface area contributed by atoms with Gasteiger partial charge in [-0.3, -0.25) is 14.4 Å². The van der Waals surface area contributed by atoms with Crippen LogP contribution in [0.1, 0.15) is 28.8 Å². The van der Waals surface area contributed by atoms with Gasteiger partial charge in [-0.05, 0) is 17.5 Å². The molecular weight excluding hydrogens is 420 g/mol. The van der Waals surface area contributed by atoms with E-state index in [4.69, 9.17) is 5.73 Å². The summed E-state index contributed by atoms with van der Waals surface area (Å²) >= 11 is 0. The number of aromatic hydroxyl groups is 1. The number of primary amides is 1. The SMILES string of the molecule is C[C@H]1c2cccc(O)c2C(=O)[C@@H]2[C@H]1[C@H](O)[C@@H]1[C@H]([NH+](C)C)C(=O)C(C(N)=O)=C(O)[C@@]1(O)[C@@H]2O. The zero-order valence-corrected chi connectivity index (χ0v) is 17.8. The molecule has 8 N–H and O–H groups in total. The van der Waals surface area contributed by atoms with Crippen molar-refractivity contribution in [1.82, 2.24) is 0 Å². The Morgan fingerprint density at radius 3 is 2.31 bits per heavy atom. The standard InChI is InChI=1S/C22H26N2O8/c1-7-8-5-4-6-9(25)11(8)16(26)12-10(7)17(27)14-15(24(2)3)18(28)13(21(23)31)20(30)22(14,32)19(12)29/h4-7,10,12,14-15,17,19,25,27,29-30,32H,1-3H3,(H2,23,31)/p+1/t7-,10-,12-,14-,15-,17-,19+,22-/m0/s1. The van der Waals surface area contributed by atoms with Crippen LogP contribution in [0.15, 0.2) is 29.5 Å². The summed E-state index contributed by atoms with van der Waals surface area (Å²) in [5.41, 5.74) is 2.19. The van der Waals surface area contributed by atoms with Gasteiger partial charge in [0.25, 0.3) is 5.91 Å². The van der Waals surface area contributed by atoms with Gasteiger partial charge in [0.05, 0.1) is 37.6 Å². The number of phenolic OH excluding ortho intramolecular Hbond substituents is 1. The zero-order valence-electron chi connectivity index (χ0n) is 17.8. The summed E-state index contributed by atoms with van der Waals surface area (Å²) in [6.45, 7) is 1.72. The minimum Gasteiger partial charge on any atom is -0.508 e. The van der Waals surface area contributed by atoms with E-state index in [1.54, 1.807) is 33.2 Å². The third kappa shape index (κ3) is 2.57. The van der Waals surface area contributed by atoms with Gasteiger partial charge in [0.15, 0.2) is 17.4 Å². The van der Waals surface area contributed by atoms with Crippen LogP contribution in [0.4, 0.5) is 0 Å². The van der Waals surface area contributed by atoms with Crippen LogP contribution in [0, 0.1) is 17.8 Å². The van der Waals surface area contributed by atoms with Gasteiger partial charge in [-0.2, -0.15) is 0 Å². The molecule has 0 radical (unpaired) electrons. The fourth-order valence-electron chi connectivity index (χ4n) is 6.14. The van der Waals surface area contributed by atoms with Crippen molar-refractivity contribution in [2.24, 2.45) is 23.5 Å². The number of benzene rings is 1. The predicted octanol–water partition coefficient (Wildman–Crippen LogP) is -2.60. The number of phenols is 1. The van der Waals surface area contributed by atoms with Gasteiger partial charge in [0.2, 0.25) is 5.78 Å². The Labute approximate surface area is 183 Å². The molecule has 172 valence electrons. The average molecular weight is 447 g/mol. The molecule has 3 aliphatic carbocycles. The topological polar surface area (TPSA) is 183 Å². The van der Waals surface area contributed by atoms with E-state index in [1.165, 1.54) is 6.07 Å². The molecule has 0 bridgehead atoms. The number of likely N-dealkylation sites (N-methyl/N-ethyl adjacent to an activating group) is 1. The van der Waals surface area contributed by atoms with Crippen molar-refractivity contribution in [3.05, 3.63) is 40.7 Å². The molecule has 0 unspecified atom stereocenters. The molecule has 0 aromatic heterocycles. The number of rotatable bonds is 2. The van der Waals surface area contributed by atoms with Crippen LogP contribution in [0.3, 0.4) is 0 Å². The second-order valence-corrected chi connectivity index (χ2v) is 9.29. The van der Waals surface area contributed by atoms with Crippen LogP contribution in [0.5, 0.6) is 5.75 Å². The lowest BCUT2D eigenvalue weighted by molar-refractivity contribution is -0.882. The van der Waals surface area contributed by atoms with E-state index in [0.717, 1.165) is 0 Å². The van der Waals surface area contributed by atoms with Gasteiger partial charge in [-0.25, -0.2) is 0 Å². The quantitative estimate of drug-likeness (QED) is 0.241. The fourth-order valence-corrected chi connectivity index (χ4v) is 6.14. The molecule has 1 fully saturated rings. The second-order valence-electron chi connectivity index (χ2n) is 9.29. The summed E-state index contributed by atoms with van der Waals surface area (Å²) < 4.78 is 0. The van der Waals surface area contributed by atoms with Gasteiger partial charge in [-0.15, -0.1) is 0 Å². The molecule has 1 aromatic rings. The molecule has 1 aromatic carbocycles. The molecule has 0 heterocycles. The van der Waals surface area contributed by atoms with E-state index in [9.17, 15) is 39.9 Å². The van der Waals surface area contributed by atoms with Crippen LogP contribution >= 0.6 is 0 Å². The monoisotopic (exact) mass is 447 g/mol. The highest BCUT2D eigenvalue weighted by Crippen LogP contribution is 2.55. The summed E-state index contributed by atoms with van der Waals surface area (Å²) in [5.74, 6) is -8.61. The van der Waals surface area contributed by atoms with Crippen LogP contribution in [-0.4, -0.2) is 81.0 Å². The van der Waals surface area contributed by atoms with Crippen LogP contribution in [0.2, 0.25) is 0 Å². The number of Topliss-reactive ketones (excluding diaryl/α,β-unsaturated/α-hetero) is 2. The lowest BCUT2D eigenvalue weighted by Crippen LogP contribution is -3.13. The summed E-state index contributed by atoms with van der Waals surface area (Å²) in [7, 11) is 3.13. The normalized spacial score (nSPS) is 38.9. The number of hydrogen-bond donors (Lipinski definition) is 7. The Morgan fingerprint density at radius 2 is 1.75 bits per heavy atom. The Balaban J connectivity index is 1.99. The number of ketones is 2. The van der Waals surface area contributed by atoms with Crippen molar-refractivity contribution in [3.8, 4) is 5.75 Å². The lowest BCUT2D eigenvalue weighted by atomic mass is 9.50. The molecule has 10 nitrogen and oxygen atoms in total. The van der Waals surface area contributed by atoms with Crippen molar-refractivity contribution in [3.63, 3.8) is 0 Å².